The molecule has 0 atom stereocenters. The van der Waals surface area contributed by atoms with E-state index in [-0.39, 0.29) is 0 Å². The Balaban J connectivity index is 0.000000583. The van der Waals surface area contributed by atoms with Crippen LogP contribution in [0.2, 0.25) is 0 Å². The Kier molecular flexibility index (Phi) is 7.93. The fraction of sp³-hybridized carbons (Fsp3) is 0.222. The SMILES string of the molecule is Cc1cc(C)c(C([NH-])=O)c(Br)c1.[Cl][Ti][Cl]. The Morgan fingerprint density at radius 2 is 1.87 bits per heavy atom. The monoisotopic (exact) mass is 344 g/mol. The molecule has 0 aliphatic heterocycles. The molecule has 0 bridgehead atoms. The summed E-state index contributed by atoms with van der Waals surface area (Å²) in [4.78, 5) is 10.8. The normalized spacial score (nSPS) is 8.87. The average Bonchev–Trinajstić information content (AvgIpc) is 2.01. The van der Waals surface area contributed by atoms with Gasteiger partial charge in [0.2, 0.25) is 0 Å². The van der Waals surface area contributed by atoms with Crippen LogP contribution in [0.3, 0.4) is 0 Å². The Morgan fingerprint density at radius 1 is 1.40 bits per heavy atom. The first-order valence-corrected chi connectivity index (χ1v) is 9.02. The molecule has 0 aromatic heterocycles. The van der Waals surface area contributed by atoms with Crippen molar-refractivity contribution in [3.63, 3.8) is 0 Å². The summed E-state index contributed by atoms with van der Waals surface area (Å²) in [6.07, 6.45) is 0. The molecule has 2 nitrogen and oxygen atoms in total. The quantitative estimate of drug-likeness (QED) is 0.684. The molecule has 0 aliphatic rings. The zero-order chi connectivity index (χ0) is 12.0. The molecule has 0 spiro atoms. The average molecular weight is 346 g/mol. The molecule has 15 heavy (non-hydrogen) atoms. The van der Waals surface area contributed by atoms with E-state index in [4.69, 9.17) is 24.3 Å². The van der Waals surface area contributed by atoms with Crippen LogP contribution >= 0.6 is 34.5 Å². The molecule has 1 rings (SSSR count). The number of carbonyl (C=O) groups excluding carboxylic acids is 1. The molecule has 1 aromatic carbocycles. The summed E-state index contributed by atoms with van der Waals surface area (Å²) in [5, 5.41) is 0. The van der Waals surface area contributed by atoms with Crippen molar-refractivity contribution in [2.45, 2.75) is 13.8 Å². The van der Waals surface area contributed by atoms with E-state index in [0.29, 0.717) is 10.0 Å². The van der Waals surface area contributed by atoms with E-state index in [1.165, 1.54) is 0 Å². The number of hydrogen-bond donors (Lipinski definition) is 0. The van der Waals surface area contributed by atoms with Crippen molar-refractivity contribution in [1.29, 1.82) is 0 Å². The summed E-state index contributed by atoms with van der Waals surface area (Å²) >= 11 is 2.70. The molecule has 0 unspecified atom stereocenters. The number of hydrogen-bond acceptors (Lipinski definition) is 1. The molecule has 1 N–H and O–H groups in total. The van der Waals surface area contributed by atoms with Crippen LogP contribution in [0, 0.1) is 13.8 Å². The van der Waals surface area contributed by atoms with Crippen LogP contribution in [0.15, 0.2) is 16.6 Å². The first kappa shape index (κ1) is 15.5. The first-order valence-electron chi connectivity index (χ1n) is 3.93. The van der Waals surface area contributed by atoms with Gasteiger partial charge in [-0.3, -0.25) is 0 Å². The number of amides is 1. The van der Waals surface area contributed by atoms with Gasteiger partial charge in [0.05, 0.1) is 5.91 Å². The summed E-state index contributed by atoms with van der Waals surface area (Å²) in [5.74, 6) is -0.639. The van der Waals surface area contributed by atoms with Crippen LogP contribution in [0.1, 0.15) is 21.5 Å². The van der Waals surface area contributed by atoms with E-state index in [2.05, 4.69) is 15.9 Å². The van der Waals surface area contributed by atoms with E-state index in [1.807, 2.05) is 26.0 Å². The van der Waals surface area contributed by atoms with Crippen molar-refractivity contribution in [2.75, 3.05) is 0 Å². The van der Waals surface area contributed by atoms with Gasteiger partial charge >= 0.3 is 35.6 Å². The summed E-state index contributed by atoms with van der Waals surface area (Å²) in [7, 11) is 9.78. The van der Waals surface area contributed by atoms with Crippen molar-refractivity contribution < 1.29 is 21.8 Å². The number of nitrogens with one attached hydrogen (secondary N) is 1. The van der Waals surface area contributed by atoms with Crippen molar-refractivity contribution in [1.82, 2.24) is 0 Å². The van der Waals surface area contributed by atoms with Gasteiger partial charge in [-0.15, -0.1) is 0 Å². The topological polar surface area (TPSA) is 40.9 Å². The molecule has 1 amide bonds. The standard InChI is InChI=1S/C9H10BrNO.2ClH.Ti/c1-5-3-6(2)8(9(11)12)7(10)4-5;;;/h3-4H,1-2H3,(H2,11,12);2*1H;/q;;;+2/p-3. The molecule has 0 saturated carbocycles. The van der Waals surface area contributed by atoms with E-state index >= 15 is 0 Å². The molecule has 6 heteroatoms. The molecule has 0 heterocycles. The predicted molar refractivity (Wildman–Crippen MR) is 64.0 cm³/mol. The van der Waals surface area contributed by atoms with E-state index in [9.17, 15) is 4.79 Å². The van der Waals surface area contributed by atoms with Gasteiger partial charge in [0.25, 0.3) is 0 Å². The number of aryl methyl sites for hydroxylation is 2. The number of benzene rings is 1. The molecule has 0 radical (unpaired) electrons. The summed E-state index contributed by atoms with van der Waals surface area (Å²) < 4.78 is 0.708. The van der Waals surface area contributed by atoms with Crippen LogP contribution in [-0.2, 0) is 17.0 Å². The van der Waals surface area contributed by atoms with Gasteiger partial charge in [-0.2, -0.15) is 0 Å². The number of halogens is 3. The van der Waals surface area contributed by atoms with Crippen LogP contribution in [-0.4, -0.2) is 5.91 Å². The Bertz CT molecular complexity index is 337. The molecule has 0 saturated heterocycles. The molecule has 0 fully saturated rings. The summed E-state index contributed by atoms with van der Waals surface area (Å²) in [5.41, 5.74) is 9.40. The van der Waals surface area contributed by atoms with Crippen LogP contribution in [0.25, 0.3) is 5.73 Å². The van der Waals surface area contributed by atoms with Gasteiger partial charge in [-0.05, 0) is 31.0 Å². The predicted octanol–water partition coefficient (Wildman–Crippen LogP) is 4.63. The fourth-order valence-corrected chi connectivity index (χ4v) is 2.06. The van der Waals surface area contributed by atoms with Gasteiger partial charge in [0, 0.05) is 10.0 Å². The molecule has 1 aromatic rings. The Labute approximate surface area is 114 Å². The van der Waals surface area contributed by atoms with Crippen LogP contribution in [0.5, 0.6) is 0 Å². The molecular weight excluding hydrogens is 337 g/mol. The minimum absolute atomic E-state index is 0.459. The second-order valence-corrected chi connectivity index (χ2v) is 6.27. The van der Waals surface area contributed by atoms with E-state index in [0.717, 1.165) is 11.1 Å². The van der Waals surface area contributed by atoms with Gasteiger partial charge < -0.3 is 10.5 Å². The maximum absolute atomic E-state index is 10.8. The van der Waals surface area contributed by atoms with Crippen molar-refractivity contribution >= 4 is 40.4 Å². The molecule has 82 valence electrons. The van der Waals surface area contributed by atoms with Crippen molar-refractivity contribution in [2.24, 2.45) is 0 Å². The Morgan fingerprint density at radius 3 is 2.20 bits per heavy atom. The van der Waals surface area contributed by atoms with Crippen LogP contribution < -0.4 is 0 Å². The van der Waals surface area contributed by atoms with E-state index < -0.39 is 22.9 Å². The number of carbonyl (C=O) groups is 1. The second kappa shape index (κ2) is 7.69. The van der Waals surface area contributed by atoms with Crippen molar-refractivity contribution in [3.8, 4) is 0 Å². The second-order valence-electron chi connectivity index (χ2n) is 2.84. The fourth-order valence-electron chi connectivity index (χ4n) is 1.20. The molecule has 0 aliphatic carbocycles. The third-order valence-corrected chi connectivity index (χ3v) is 2.28. The third-order valence-electron chi connectivity index (χ3n) is 1.66. The summed E-state index contributed by atoms with van der Waals surface area (Å²) in [6, 6.07) is 3.74. The maximum atomic E-state index is 10.8. The zero-order valence-electron chi connectivity index (χ0n) is 8.20. The van der Waals surface area contributed by atoms with Crippen molar-refractivity contribution in [3.05, 3.63) is 39.0 Å². The third kappa shape index (κ3) is 5.37. The number of rotatable bonds is 1. The summed E-state index contributed by atoms with van der Waals surface area (Å²) in [6.45, 7) is 3.79. The van der Waals surface area contributed by atoms with Gasteiger partial charge in [0.1, 0.15) is 0 Å². The molecular formula is C9H9BrCl2NOTi-. The Hall–Kier alpha value is 0.464. The first-order chi connectivity index (χ1) is 6.93. The zero-order valence-corrected chi connectivity index (χ0v) is 12.9. The van der Waals surface area contributed by atoms with E-state index in [1.54, 1.807) is 0 Å². The minimum atomic E-state index is -0.639. The van der Waals surface area contributed by atoms with Gasteiger partial charge in [-0.1, -0.05) is 22.0 Å². The van der Waals surface area contributed by atoms with Gasteiger partial charge in [0.15, 0.2) is 0 Å². The van der Waals surface area contributed by atoms with Crippen LogP contribution in [0.4, 0.5) is 0 Å². The van der Waals surface area contributed by atoms with Gasteiger partial charge in [-0.25, -0.2) is 0 Å².